The maximum Gasteiger partial charge on any atom is 0.272 e. The summed E-state index contributed by atoms with van der Waals surface area (Å²) in [5, 5.41) is 4.34. The lowest BCUT2D eigenvalue weighted by Gasteiger charge is -2.21. The Kier molecular flexibility index (Phi) is 4.62. The molecule has 1 aromatic heterocycles. The number of rotatable bonds is 5. The van der Waals surface area contributed by atoms with Crippen LogP contribution >= 0.6 is 0 Å². The second kappa shape index (κ2) is 6.43. The fourth-order valence-electron chi connectivity index (χ4n) is 2.29. The largest absolute Gasteiger partial charge is 0.399 e. The summed E-state index contributed by atoms with van der Waals surface area (Å²) in [4.78, 5) is 14.5. The topological polar surface area (TPSA) is 64.2 Å². The first-order chi connectivity index (χ1) is 10.0. The van der Waals surface area contributed by atoms with Gasteiger partial charge in [-0.2, -0.15) is 5.10 Å². The van der Waals surface area contributed by atoms with E-state index in [1.807, 2.05) is 56.0 Å². The van der Waals surface area contributed by atoms with Gasteiger partial charge < -0.3 is 10.6 Å². The van der Waals surface area contributed by atoms with Gasteiger partial charge in [0.25, 0.3) is 5.91 Å². The van der Waals surface area contributed by atoms with Crippen LogP contribution in [-0.4, -0.2) is 27.1 Å². The molecule has 1 heterocycles. The van der Waals surface area contributed by atoms with E-state index in [1.54, 1.807) is 4.68 Å². The van der Waals surface area contributed by atoms with Crippen molar-refractivity contribution >= 4 is 11.6 Å². The van der Waals surface area contributed by atoms with Gasteiger partial charge in [0.2, 0.25) is 0 Å². The summed E-state index contributed by atoms with van der Waals surface area (Å²) in [7, 11) is 0. The van der Waals surface area contributed by atoms with Crippen molar-refractivity contribution < 1.29 is 4.79 Å². The Bertz CT molecular complexity index is 616. The normalized spacial score (nSPS) is 10.6. The first-order valence-electron chi connectivity index (χ1n) is 7.23. The summed E-state index contributed by atoms with van der Waals surface area (Å²) in [6, 6.07) is 9.46. The molecule has 5 nitrogen and oxygen atoms in total. The number of nitrogens with zero attached hydrogens (tertiary/aromatic N) is 3. The predicted octanol–water partition coefficient (Wildman–Crippen LogP) is 2.46. The molecule has 0 atom stereocenters. The van der Waals surface area contributed by atoms with Crippen molar-refractivity contribution in [2.75, 3.05) is 12.3 Å². The molecule has 0 fully saturated rings. The van der Waals surface area contributed by atoms with Crippen LogP contribution in [0.5, 0.6) is 0 Å². The maximum atomic E-state index is 12.7. The number of nitrogens with two attached hydrogens (primary N) is 1. The van der Waals surface area contributed by atoms with Gasteiger partial charge in [-0.05, 0) is 44.5 Å². The van der Waals surface area contributed by atoms with Gasteiger partial charge in [0.15, 0.2) is 0 Å². The fraction of sp³-hybridized carbons (Fsp3) is 0.375. The summed E-state index contributed by atoms with van der Waals surface area (Å²) in [5.41, 5.74) is 9.00. The lowest BCUT2D eigenvalue weighted by molar-refractivity contribution is 0.0740. The summed E-state index contributed by atoms with van der Waals surface area (Å²) in [6.07, 6.45) is 0. The number of nitrogen functional groups attached to an aromatic ring is 1. The SMILES string of the molecule is CCN(Cc1ccc(N)cc1)C(=O)c1cc(C)nn1CC. The highest BCUT2D eigenvalue weighted by Gasteiger charge is 2.19. The van der Waals surface area contributed by atoms with E-state index in [0.29, 0.717) is 25.3 Å². The van der Waals surface area contributed by atoms with Gasteiger partial charge in [-0.3, -0.25) is 9.48 Å². The third kappa shape index (κ3) is 3.42. The van der Waals surface area contributed by atoms with E-state index in [4.69, 9.17) is 5.73 Å². The van der Waals surface area contributed by atoms with Gasteiger partial charge >= 0.3 is 0 Å². The quantitative estimate of drug-likeness (QED) is 0.859. The van der Waals surface area contributed by atoms with E-state index in [9.17, 15) is 4.79 Å². The van der Waals surface area contributed by atoms with Gasteiger partial charge in [0.05, 0.1) is 5.69 Å². The Morgan fingerprint density at radius 3 is 2.52 bits per heavy atom. The zero-order valence-electron chi connectivity index (χ0n) is 12.8. The molecule has 0 spiro atoms. The molecule has 21 heavy (non-hydrogen) atoms. The van der Waals surface area contributed by atoms with Crippen LogP contribution in [0.2, 0.25) is 0 Å². The second-order valence-corrected chi connectivity index (χ2v) is 5.05. The van der Waals surface area contributed by atoms with Crippen LogP contribution in [0.1, 0.15) is 35.6 Å². The zero-order valence-corrected chi connectivity index (χ0v) is 12.8. The molecular formula is C16H22N4O. The molecule has 0 aliphatic heterocycles. The van der Waals surface area contributed by atoms with Crippen molar-refractivity contribution in [1.29, 1.82) is 0 Å². The highest BCUT2D eigenvalue weighted by Crippen LogP contribution is 2.13. The molecule has 112 valence electrons. The summed E-state index contributed by atoms with van der Waals surface area (Å²) < 4.78 is 1.75. The molecule has 0 radical (unpaired) electrons. The zero-order chi connectivity index (χ0) is 15.4. The molecule has 1 aromatic carbocycles. The van der Waals surface area contributed by atoms with E-state index < -0.39 is 0 Å². The number of aromatic nitrogens is 2. The molecule has 0 bridgehead atoms. The molecule has 0 saturated heterocycles. The van der Waals surface area contributed by atoms with Crippen molar-refractivity contribution in [2.45, 2.75) is 33.9 Å². The monoisotopic (exact) mass is 286 g/mol. The maximum absolute atomic E-state index is 12.7. The highest BCUT2D eigenvalue weighted by molar-refractivity contribution is 5.92. The smallest absolute Gasteiger partial charge is 0.272 e. The molecule has 2 aromatic rings. The number of anilines is 1. The molecule has 0 aliphatic rings. The minimum absolute atomic E-state index is 0.0109. The third-order valence-corrected chi connectivity index (χ3v) is 3.44. The molecule has 2 N–H and O–H groups in total. The van der Waals surface area contributed by atoms with E-state index >= 15 is 0 Å². The standard InChI is InChI=1S/C16H22N4O/c1-4-19(11-13-6-8-14(17)9-7-13)16(21)15-10-12(3)18-20(15)5-2/h6-10H,4-5,11,17H2,1-3H3. The van der Waals surface area contributed by atoms with E-state index in [0.717, 1.165) is 16.9 Å². The molecular weight excluding hydrogens is 264 g/mol. The molecule has 2 rings (SSSR count). The molecule has 5 heteroatoms. The summed E-state index contributed by atoms with van der Waals surface area (Å²) >= 11 is 0. The molecule has 0 aliphatic carbocycles. The van der Waals surface area contributed by atoms with Gasteiger partial charge in [-0.15, -0.1) is 0 Å². The van der Waals surface area contributed by atoms with Crippen molar-refractivity contribution in [3.05, 3.63) is 47.3 Å². The third-order valence-electron chi connectivity index (χ3n) is 3.44. The van der Waals surface area contributed by atoms with Crippen LogP contribution in [0.4, 0.5) is 5.69 Å². The van der Waals surface area contributed by atoms with Crippen LogP contribution in [-0.2, 0) is 13.1 Å². The van der Waals surface area contributed by atoms with E-state index in [2.05, 4.69) is 5.10 Å². The van der Waals surface area contributed by atoms with Gasteiger partial charge in [-0.1, -0.05) is 12.1 Å². The highest BCUT2D eigenvalue weighted by atomic mass is 16.2. The van der Waals surface area contributed by atoms with Crippen molar-refractivity contribution in [3.63, 3.8) is 0 Å². The predicted molar refractivity (Wildman–Crippen MR) is 83.9 cm³/mol. The van der Waals surface area contributed by atoms with E-state index in [-0.39, 0.29) is 5.91 Å². The van der Waals surface area contributed by atoms with Crippen LogP contribution in [0, 0.1) is 6.92 Å². The Morgan fingerprint density at radius 2 is 1.95 bits per heavy atom. The number of hydrogen-bond acceptors (Lipinski definition) is 3. The minimum Gasteiger partial charge on any atom is -0.399 e. The molecule has 1 amide bonds. The average molecular weight is 286 g/mol. The Balaban J connectivity index is 2.20. The van der Waals surface area contributed by atoms with E-state index in [1.165, 1.54) is 0 Å². The van der Waals surface area contributed by atoms with Gasteiger partial charge in [0.1, 0.15) is 5.69 Å². The first-order valence-corrected chi connectivity index (χ1v) is 7.23. The Labute approximate surface area is 125 Å². The molecule has 0 saturated carbocycles. The van der Waals surface area contributed by atoms with Crippen molar-refractivity contribution in [3.8, 4) is 0 Å². The number of carbonyl (C=O) groups is 1. The van der Waals surface area contributed by atoms with Crippen molar-refractivity contribution in [1.82, 2.24) is 14.7 Å². The summed E-state index contributed by atoms with van der Waals surface area (Å²) in [5.74, 6) is 0.0109. The number of carbonyl (C=O) groups excluding carboxylic acids is 1. The van der Waals surface area contributed by atoms with Crippen LogP contribution in [0.25, 0.3) is 0 Å². The Morgan fingerprint density at radius 1 is 1.29 bits per heavy atom. The number of hydrogen-bond donors (Lipinski definition) is 1. The van der Waals surface area contributed by atoms with Gasteiger partial charge in [0, 0.05) is 25.3 Å². The lowest BCUT2D eigenvalue weighted by atomic mass is 10.2. The van der Waals surface area contributed by atoms with Crippen LogP contribution in [0.3, 0.4) is 0 Å². The Hall–Kier alpha value is -2.30. The average Bonchev–Trinajstić information content (AvgIpc) is 2.87. The fourth-order valence-corrected chi connectivity index (χ4v) is 2.29. The first kappa shape index (κ1) is 15.1. The number of amides is 1. The second-order valence-electron chi connectivity index (χ2n) is 5.05. The lowest BCUT2D eigenvalue weighted by Crippen LogP contribution is -2.32. The van der Waals surface area contributed by atoms with Crippen LogP contribution < -0.4 is 5.73 Å². The van der Waals surface area contributed by atoms with Crippen LogP contribution in [0.15, 0.2) is 30.3 Å². The number of benzene rings is 1. The number of aryl methyl sites for hydroxylation is 2. The molecule has 0 unspecified atom stereocenters. The van der Waals surface area contributed by atoms with Gasteiger partial charge in [-0.25, -0.2) is 0 Å². The summed E-state index contributed by atoms with van der Waals surface area (Å²) in [6.45, 7) is 7.78. The minimum atomic E-state index is 0.0109. The van der Waals surface area contributed by atoms with Crippen molar-refractivity contribution in [2.24, 2.45) is 0 Å².